The third kappa shape index (κ3) is 3.71. The van der Waals surface area contributed by atoms with E-state index in [0.29, 0.717) is 53.2 Å². The normalized spacial score (nSPS) is 14.3. The van der Waals surface area contributed by atoms with Gasteiger partial charge in [-0.25, -0.2) is 4.98 Å². The Morgan fingerprint density at radius 3 is 2.44 bits per heavy atom. The molecule has 0 aliphatic carbocycles. The van der Waals surface area contributed by atoms with Gasteiger partial charge >= 0.3 is 0 Å². The van der Waals surface area contributed by atoms with Crippen LogP contribution in [0.1, 0.15) is 22.8 Å². The first-order chi connectivity index (χ1) is 12.0. The summed E-state index contributed by atoms with van der Waals surface area (Å²) in [6.45, 7) is 4.37. The summed E-state index contributed by atoms with van der Waals surface area (Å²) in [7, 11) is 0. The molecule has 1 aliphatic heterocycles. The minimum atomic E-state index is -0.00988. The summed E-state index contributed by atoms with van der Waals surface area (Å²) in [5, 5.41) is 10.2. The molecule has 3 rings (SSSR count). The molecule has 0 radical (unpaired) electrons. The number of hydrogen-bond donors (Lipinski definition) is 0. The Morgan fingerprint density at radius 1 is 1.16 bits per heavy atom. The van der Waals surface area contributed by atoms with Crippen LogP contribution in [0.25, 0.3) is 0 Å². The van der Waals surface area contributed by atoms with Crippen molar-refractivity contribution in [1.82, 2.24) is 4.98 Å². The lowest BCUT2D eigenvalue weighted by atomic mass is 10.0. The van der Waals surface area contributed by atoms with Gasteiger partial charge in [-0.2, -0.15) is 5.26 Å². The number of carbonyl (C=O) groups excluding carboxylic acids is 1. The van der Waals surface area contributed by atoms with E-state index in [1.54, 1.807) is 37.4 Å². The lowest BCUT2D eigenvalue weighted by Gasteiger charge is -2.37. The Morgan fingerprint density at radius 2 is 1.84 bits per heavy atom. The second kappa shape index (κ2) is 7.30. The second-order valence-electron chi connectivity index (χ2n) is 5.83. The number of Topliss-reactive ketones (excluding diaryl/α,β-unsaturated/α-hetero) is 1. The van der Waals surface area contributed by atoms with Crippen molar-refractivity contribution in [2.45, 2.75) is 6.92 Å². The summed E-state index contributed by atoms with van der Waals surface area (Å²) in [5.74, 6) is 0.701. The molecule has 0 saturated carbocycles. The predicted octanol–water partition coefficient (Wildman–Crippen LogP) is 3.79. The van der Waals surface area contributed by atoms with E-state index < -0.39 is 0 Å². The Bertz CT molecular complexity index is 855. The maximum atomic E-state index is 11.9. The van der Waals surface area contributed by atoms with Gasteiger partial charge < -0.3 is 9.80 Å². The monoisotopic (exact) mass is 374 g/mol. The molecule has 0 amide bonds. The van der Waals surface area contributed by atoms with E-state index in [1.807, 2.05) is 0 Å². The van der Waals surface area contributed by atoms with Crippen molar-refractivity contribution in [3.8, 4) is 6.07 Å². The summed E-state index contributed by atoms with van der Waals surface area (Å²) < 4.78 is 0. The van der Waals surface area contributed by atoms with Gasteiger partial charge in [0.2, 0.25) is 0 Å². The van der Waals surface area contributed by atoms with Gasteiger partial charge in [-0.1, -0.05) is 23.2 Å². The molecule has 0 N–H and O–H groups in total. The van der Waals surface area contributed by atoms with Gasteiger partial charge in [-0.3, -0.25) is 4.79 Å². The molecule has 0 bridgehead atoms. The average Bonchev–Trinajstić information content (AvgIpc) is 2.61. The Hall–Kier alpha value is -2.29. The molecule has 2 heterocycles. The molecule has 1 saturated heterocycles. The van der Waals surface area contributed by atoms with Gasteiger partial charge in [0.1, 0.15) is 5.82 Å². The minimum absolute atomic E-state index is 0.00988. The number of pyridine rings is 1. The number of carbonyl (C=O) groups is 1. The zero-order valence-corrected chi connectivity index (χ0v) is 15.2. The summed E-state index contributed by atoms with van der Waals surface area (Å²) in [5.41, 5.74) is 1.99. The molecule has 0 atom stereocenters. The topological polar surface area (TPSA) is 60.2 Å². The van der Waals surface area contributed by atoms with Gasteiger partial charge in [-0.05, 0) is 31.2 Å². The summed E-state index contributed by atoms with van der Waals surface area (Å²) in [4.78, 5) is 20.4. The molecule has 1 fully saturated rings. The van der Waals surface area contributed by atoms with Crippen molar-refractivity contribution < 1.29 is 4.79 Å². The highest BCUT2D eigenvalue weighted by Crippen LogP contribution is 2.29. The number of halogens is 2. The van der Waals surface area contributed by atoms with Crippen LogP contribution in [-0.2, 0) is 0 Å². The van der Waals surface area contributed by atoms with Crippen molar-refractivity contribution in [1.29, 1.82) is 5.26 Å². The van der Waals surface area contributed by atoms with Crippen LogP contribution in [0.3, 0.4) is 0 Å². The van der Waals surface area contributed by atoms with Crippen molar-refractivity contribution in [3.63, 3.8) is 0 Å². The third-order valence-electron chi connectivity index (χ3n) is 4.21. The smallest absolute Gasteiger partial charge is 0.161 e. The Labute approximate surface area is 156 Å². The second-order valence-corrected chi connectivity index (χ2v) is 6.68. The van der Waals surface area contributed by atoms with Crippen LogP contribution in [-0.4, -0.2) is 36.9 Å². The van der Waals surface area contributed by atoms with Crippen LogP contribution in [0.2, 0.25) is 10.0 Å². The zero-order chi connectivity index (χ0) is 18.0. The quantitative estimate of drug-likeness (QED) is 0.764. The Kier molecular flexibility index (Phi) is 5.12. The number of nitriles is 1. The standard InChI is InChI=1S/C18H16Cl2N4O/c1-12(25)15-3-2-13(10-21)8-17(15)23-4-6-24(7-5-23)18-16(20)9-14(19)11-22-18/h2-3,8-9,11H,4-7H2,1H3. The van der Waals surface area contributed by atoms with Gasteiger partial charge in [0, 0.05) is 43.6 Å². The number of aromatic nitrogens is 1. The van der Waals surface area contributed by atoms with E-state index >= 15 is 0 Å². The number of benzene rings is 1. The van der Waals surface area contributed by atoms with Gasteiger partial charge in [0.25, 0.3) is 0 Å². The summed E-state index contributed by atoms with van der Waals surface area (Å²) >= 11 is 12.1. The molecule has 1 aromatic heterocycles. The van der Waals surface area contributed by atoms with E-state index in [1.165, 1.54) is 0 Å². The minimum Gasteiger partial charge on any atom is -0.367 e. The average molecular weight is 375 g/mol. The number of ketones is 1. The lowest BCUT2D eigenvalue weighted by Crippen LogP contribution is -2.47. The van der Waals surface area contributed by atoms with Crippen molar-refractivity contribution >= 4 is 40.5 Å². The van der Waals surface area contributed by atoms with E-state index in [9.17, 15) is 4.79 Å². The van der Waals surface area contributed by atoms with Crippen LogP contribution < -0.4 is 9.80 Å². The van der Waals surface area contributed by atoms with Crippen molar-refractivity contribution in [2.24, 2.45) is 0 Å². The van der Waals surface area contributed by atoms with E-state index in [0.717, 1.165) is 5.69 Å². The fourth-order valence-corrected chi connectivity index (χ4v) is 3.46. The highest BCUT2D eigenvalue weighted by Gasteiger charge is 2.23. The highest BCUT2D eigenvalue weighted by molar-refractivity contribution is 6.36. The van der Waals surface area contributed by atoms with Crippen LogP contribution in [0.5, 0.6) is 0 Å². The molecule has 2 aromatic rings. The van der Waals surface area contributed by atoms with Gasteiger partial charge in [0.05, 0.1) is 21.7 Å². The summed E-state index contributed by atoms with van der Waals surface area (Å²) in [6, 6.07) is 8.99. The fourth-order valence-electron chi connectivity index (χ4n) is 2.96. The highest BCUT2D eigenvalue weighted by atomic mass is 35.5. The molecule has 1 aromatic carbocycles. The van der Waals surface area contributed by atoms with Crippen molar-refractivity contribution in [3.05, 3.63) is 51.6 Å². The molecule has 25 heavy (non-hydrogen) atoms. The largest absolute Gasteiger partial charge is 0.367 e. The third-order valence-corrected chi connectivity index (χ3v) is 4.70. The molecule has 1 aliphatic rings. The molecule has 7 heteroatoms. The first kappa shape index (κ1) is 17.5. The maximum Gasteiger partial charge on any atom is 0.161 e. The van der Waals surface area contributed by atoms with E-state index in [-0.39, 0.29) is 5.78 Å². The van der Waals surface area contributed by atoms with Crippen molar-refractivity contribution in [2.75, 3.05) is 36.0 Å². The number of anilines is 2. The SMILES string of the molecule is CC(=O)c1ccc(C#N)cc1N1CCN(c2ncc(Cl)cc2Cl)CC1. The first-order valence-electron chi connectivity index (χ1n) is 7.85. The predicted molar refractivity (Wildman–Crippen MR) is 99.8 cm³/mol. The Balaban J connectivity index is 1.81. The molecule has 5 nitrogen and oxygen atoms in total. The first-order valence-corrected chi connectivity index (χ1v) is 8.61. The van der Waals surface area contributed by atoms with Crippen LogP contribution in [0, 0.1) is 11.3 Å². The number of nitrogens with zero attached hydrogens (tertiary/aromatic N) is 4. The molecular weight excluding hydrogens is 359 g/mol. The van der Waals surface area contributed by atoms with Crippen LogP contribution in [0.15, 0.2) is 30.5 Å². The summed E-state index contributed by atoms with van der Waals surface area (Å²) in [6.07, 6.45) is 1.58. The number of hydrogen-bond acceptors (Lipinski definition) is 5. The lowest BCUT2D eigenvalue weighted by molar-refractivity contribution is 0.101. The number of piperazine rings is 1. The molecule has 0 spiro atoms. The van der Waals surface area contributed by atoms with Crippen LogP contribution >= 0.6 is 23.2 Å². The van der Waals surface area contributed by atoms with Gasteiger partial charge in [-0.15, -0.1) is 0 Å². The van der Waals surface area contributed by atoms with E-state index in [4.69, 9.17) is 28.5 Å². The van der Waals surface area contributed by atoms with Gasteiger partial charge in [0.15, 0.2) is 5.78 Å². The molecule has 128 valence electrons. The zero-order valence-electron chi connectivity index (χ0n) is 13.7. The van der Waals surface area contributed by atoms with E-state index in [2.05, 4.69) is 20.9 Å². The number of rotatable bonds is 3. The van der Waals surface area contributed by atoms with Crippen LogP contribution in [0.4, 0.5) is 11.5 Å². The molecular formula is C18H16Cl2N4O. The molecule has 0 unspecified atom stereocenters. The maximum absolute atomic E-state index is 11.9. The fraction of sp³-hybridized carbons (Fsp3) is 0.278.